The molecular formula is C15H21N3O3S2. The average Bonchev–Trinajstić information content (AvgIpc) is 3.25. The molecule has 1 aliphatic rings. The Morgan fingerprint density at radius 3 is 2.78 bits per heavy atom. The monoisotopic (exact) mass is 355 g/mol. The lowest BCUT2D eigenvalue weighted by Gasteiger charge is -2.15. The molecule has 1 N–H and O–H groups in total. The number of thiophene rings is 1. The van der Waals surface area contributed by atoms with Crippen LogP contribution in [0.1, 0.15) is 31.4 Å². The Bertz CT molecular complexity index is 753. The molecule has 8 heteroatoms. The van der Waals surface area contributed by atoms with Crippen LogP contribution in [0.4, 0.5) is 0 Å². The zero-order chi connectivity index (χ0) is 16.6. The smallest absolute Gasteiger partial charge is 0.246 e. The second-order valence-corrected chi connectivity index (χ2v) is 8.90. The molecule has 23 heavy (non-hydrogen) atoms. The molecule has 2 atom stereocenters. The molecule has 0 aliphatic carbocycles. The fraction of sp³-hybridized carbons (Fsp3) is 0.533. The van der Waals surface area contributed by atoms with Crippen LogP contribution in [0.15, 0.2) is 34.1 Å². The van der Waals surface area contributed by atoms with Crippen molar-refractivity contribution in [3.05, 3.63) is 34.8 Å². The highest BCUT2D eigenvalue weighted by Gasteiger charge is 2.40. The van der Waals surface area contributed by atoms with E-state index in [0.717, 1.165) is 5.56 Å². The van der Waals surface area contributed by atoms with Crippen molar-refractivity contribution in [2.24, 2.45) is 5.92 Å². The number of nitrogens with zero attached hydrogens (tertiary/aromatic N) is 3. The van der Waals surface area contributed by atoms with Crippen LogP contribution in [0.2, 0.25) is 0 Å². The first-order valence-electron chi connectivity index (χ1n) is 7.60. The third kappa shape index (κ3) is 3.08. The molecule has 6 nitrogen and oxygen atoms in total. The van der Waals surface area contributed by atoms with Gasteiger partial charge >= 0.3 is 0 Å². The average molecular weight is 355 g/mol. The van der Waals surface area contributed by atoms with E-state index in [-0.39, 0.29) is 29.4 Å². The van der Waals surface area contributed by atoms with Crippen LogP contribution in [-0.4, -0.2) is 47.3 Å². The highest BCUT2D eigenvalue weighted by molar-refractivity contribution is 7.89. The van der Waals surface area contributed by atoms with Crippen molar-refractivity contribution in [3.63, 3.8) is 0 Å². The van der Waals surface area contributed by atoms with Gasteiger partial charge in [-0.15, -0.1) is 0 Å². The minimum absolute atomic E-state index is 0.0161. The number of hydrogen-bond donors (Lipinski definition) is 1. The van der Waals surface area contributed by atoms with Crippen molar-refractivity contribution in [3.8, 4) is 0 Å². The van der Waals surface area contributed by atoms with Crippen LogP contribution in [0.3, 0.4) is 0 Å². The molecule has 1 fully saturated rings. The third-order valence-corrected chi connectivity index (χ3v) is 6.84. The predicted octanol–water partition coefficient (Wildman–Crippen LogP) is 1.92. The Labute approximate surface area is 140 Å². The minimum atomic E-state index is -3.58. The number of aromatic nitrogens is 2. The summed E-state index contributed by atoms with van der Waals surface area (Å²) in [4.78, 5) is 0.217. The van der Waals surface area contributed by atoms with E-state index in [9.17, 15) is 13.5 Å². The van der Waals surface area contributed by atoms with Crippen LogP contribution in [0, 0.1) is 5.92 Å². The Balaban J connectivity index is 1.86. The summed E-state index contributed by atoms with van der Waals surface area (Å²) in [6.45, 7) is 4.63. The molecule has 0 bridgehead atoms. The Kier molecular flexibility index (Phi) is 4.59. The second kappa shape index (κ2) is 6.35. The molecule has 0 unspecified atom stereocenters. The molecule has 2 aromatic heterocycles. The second-order valence-electron chi connectivity index (χ2n) is 6.18. The molecule has 0 aromatic carbocycles. The summed E-state index contributed by atoms with van der Waals surface area (Å²) in [6.07, 6.45) is 2.98. The number of sulfonamides is 1. The van der Waals surface area contributed by atoms with E-state index in [1.807, 2.05) is 30.7 Å². The van der Waals surface area contributed by atoms with Gasteiger partial charge in [-0.25, -0.2) is 8.42 Å². The first-order chi connectivity index (χ1) is 10.9. The first kappa shape index (κ1) is 16.6. The van der Waals surface area contributed by atoms with E-state index in [4.69, 9.17) is 0 Å². The zero-order valence-electron chi connectivity index (χ0n) is 13.2. The molecule has 3 heterocycles. The van der Waals surface area contributed by atoms with Gasteiger partial charge in [0.2, 0.25) is 10.0 Å². The summed E-state index contributed by atoms with van der Waals surface area (Å²) in [7, 11) is -3.58. The lowest BCUT2D eigenvalue weighted by atomic mass is 9.92. The van der Waals surface area contributed by atoms with E-state index in [1.165, 1.54) is 10.5 Å². The Morgan fingerprint density at radius 1 is 1.43 bits per heavy atom. The van der Waals surface area contributed by atoms with Crippen LogP contribution in [0.5, 0.6) is 0 Å². The van der Waals surface area contributed by atoms with E-state index in [0.29, 0.717) is 13.1 Å². The maximum atomic E-state index is 12.8. The van der Waals surface area contributed by atoms with Crippen molar-refractivity contribution in [2.45, 2.75) is 30.7 Å². The molecular weight excluding hydrogens is 334 g/mol. The summed E-state index contributed by atoms with van der Waals surface area (Å²) in [5, 5.41) is 17.8. The lowest BCUT2D eigenvalue weighted by Crippen LogP contribution is -2.29. The number of aliphatic hydroxyl groups is 1. The van der Waals surface area contributed by atoms with Gasteiger partial charge in [-0.05, 0) is 36.2 Å². The van der Waals surface area contributed by atoms with Crippen LogP contribution in [-0.2, 0) is 10.0 Å². The van der Waals surface area contributed by atoms with E-state index < -0.39 is 10.0 Å². The molecule has 0 radical (unpaired) electrons. The van der Waals surface area contributed by atoms with Crippen molar-refractivity contribution < 1.29 is 13.5 Å². The maximum absolute atomic E-state index is 12.8. The van der Waals surface area contributed by atoms with Gasteiger partial charge in [0.15, 0.2) is 0 Å². The Hall–Kier alpha value is -1.22. The molecule has 0 spiro atoms. The molecule has 0 amide bonds. The molecule has 0 saturated carbocycles. The fourth-order valence-electron chi connectivity index (χ4n) is 2.96. The van der Waals surface area contributed by atoms with Crippen LogP contribution < -0.4 is 0 Å². The maximum Gasteiger partial charge on any atom is 0.246 e. The minimum Gasteiger partial charge on any atom is -0.396 e. The normalized spacial score (nSPS) is 23.0. The number of rotatable bonds is 5. The van der Waals surface area contributed by atoms with E-state index in [2.05, 4.69) is 5.10 Å². The van der Waals surface area contributed by atoms with Gasteiger partial charge < -0.3 is 5.11 Å². The SMILES string of the molecule is CC(C)n1cc(S(=O)(=O)N2C[C@@H](CO)[C@@H](c3ccsc3)C2)cn1. The van der Waals surface area contributed by atoms with Crippen molar-refractivity contribution in [1.29, 1.82) is 0 Å². The van der Waals surface area contributed by atoms with Gasteiger partial charge in [0.05, 0.1) is 6.20 Å². The van der Waals surface area contributed by atoms with Gasteiger partial charge in [-0.3, -0.25) is 4.68 Å². The molecule has 2 aromatic rings. The number of hydrogen-bond acceptors (Lipinski definition) is 5. The summed E-state index contributed by atoms with van der Waals surface area (Å²) in [5.41, 5.74) is 1.10. The predicted molar refractivity (Wildman–Crippen MR) is 89.0 cm³/mol. The third-order valence-electron chi connectivity index (χ3n) is 4.36. The fourth-order valence-corrected chi connectivity index (χ4v) is 5.15. The highest BCUT2D eigenvalue weighted by Crippen LogP contribution is 2.36. The molecule has 3 rings (SSSR count). The number of aliphatic hydroxyl groups excluding tert-OH is 1. The van der Waals surface area contributed by atoms with Crippen molar-refractivity contribution in [1.82, 2.24) is 14.1 Å². The summed E-state index contributed by atoms with van der Waals surface area (Å²) >= 11 is 1.59. The van der Waals surface area contributed by atoms with Gasteiger partial charge in [0, 0.05) is 43.8 Å². The highest BCUT2D eigenvalue weighted by atomic mass is 32.2. The largest absolute Gasteiger partial charge is 0.396 e. The first-order valence-corrected chi connectivity index (χ1v) is 9.99. The quantitative estimate of drug-likeness (QED) is 0.889. The van der Waals surface area contributed by atoms with Gasteiger partial charge in [0.1, 0.15) is 4.90 Å². The van der Waals surface area contributed by atoms with Gasteiger partial charge in [-0.2, -0.15) is 20.7 Å². The Morgan fingerprint density at radius 2 is 2.22 bits per heavy atom. The summed E-state index contributed by atoms with van der Waals surface area (Å²) in [5.74, 6) is -0.0271. The standard InChI is InChI=1S/C15H21N3O3S2/c1-11(2)18-7-14(5-16-18)23(20,21)17-6-13(9-19)15(8-17)12-3-4-22-10-12/h3-5,7,10-11,13,15,19H,6,8-9H2,1-2H3/t13-,15+/m0/s1. The van der Waals surface area contributed by atoms with Gasteiger partial charge in [0.25, 0.3) is 0 Å². The van der Waals surface area contributed by atoms with Crippen LogP contribution in [0.25, 0.3) is 0 Å². The summed E-state index contributed by atoms with van der Waals surface area (Å²) < 4.78 is 28.8. The van der Waals surface area contributed by atoms with Gasteiger partial charge in [-0.1, -0.05) is 0 Å². The molecule has 1 aliphatic heterocycles. The summed E-state index contributed by atoms with van der Waals surface area (Å²) in [6, 6.07) is 2.12. The lowest BCUT2D eigenvalue weighted by molar-refractivity contribution is 0.223. The van der Waals surface area contributed by atoms with Crippen molar-refractivity contribution in [2.75, 3.05) is 19.7 Å². The molecule has 126 valence electrons. The van der Waals surface area contributed by atoms with E-state index >= 15 is 0 Å². The van der Waals surface area contributed by atoms with Crippen LogP contribution >= 0.6 is 11.3 Å². The zero-order valence-corrected chi connectivity index (χ0v) is 14.8. The molecule has 1 saturated heterocycles. The van der Waals surface area contributed by atoms with Crippen molar-refractivity contribution >= 4 is 21.4 Å². The topological polar surface area (TPSA) is 75.4 Å². The van der Waals surface area contributed by atoms with E-state index in [1.54, 1.807) is 22.2 Å².